The molecule has 1 aromatic carbocycles. The molecule has 0 heterocycles. The molecular weight excluding hydrogens is 268 g/mol. The zero-order valence-corrected chi connectivity index (χ0v) is 13.4. The summed E-state index contributed by atoms with van der Waals surface area (Å²) in [7, 11) is 0. The first-order chi connectivity index (χ1) is 9.56. The van der Waals surface area contributed by atoms with Crippen molar-refractivity contribution in [1.82, 2.24) is 0 Å². The summed E-state index contributed by atoms with van der Waals surface area (Å²) in [6.07, 6.45) is 6.10. The topological polar surface area (TPSA) is 38.0 Å². The summed E-state index contributed by atoms with van der Waals surface area (Å²) >= 11 is 6.28. The molecule has 1 aliphatic rings. The third-order valence-electron chi connectivity index (χ3n) is 4.83. The lowest BCUT2D eigenvalue weighted by Crippen LogP contribution is -2.45. The normalized spacial score (nSPS) is 27.4. The van der Waals surface area contributed by atoms with Gasteiger partial charge < -0.3 is 11.1 Å². The summed E-state index contributed by atoms with van der Waals surface area (Å²) in [6, 6.07) is 7.96. The van der Waals surface area contributed by atoms with Crippen LogP contribution in [0.4, 0.5) is 5.69 Å². The molecule has 0 spiro atoms. The Morgan fingerprint density at radius 3 is 2.70 bits per heavy atom. The van der Waals surface area contributed by atoms with Gasteiger partial charge in [0.1, 0.15) is 0 Å². The number of anilines is 1. The van der Waals surface area contributed by atoms with E-state index in [9.17, 15) is 0 Å². The van der Waals surface area contributed by atoms with Crippen LogP contribution in [0.1, 0.15) is 46.0 Å². The van der Waals surface area contributed by atoms with Crippen LogP contribution in [0, 0.1) is 11.8 Å². The lowest BCUT2D eigenvalue weighted by molar-refractivity contribution is 0.332. The molecule has 2 nitrogen and oxygen atoms in total. The van der Waals surface area contributed by atoms with Gasteiger partial charge in [0.15, 0.2) is 0 Å². The molecule has 112 valence electrons. The van der Waals surface area contributed by atoms with E-state index in [1.165, 1.54) is 19.3 Å². The summed E-state index contributed by atoms with van der Waals surface area (Å²) < 4.78 is 0. The van der Waals surface area contributed by atoms with Gasteiger partial charge in [-0.1, -0.05) is 50.4 Å². The Bertz CT molecular complexity index is 433. The molecule has 2 unspecified atom stereocenters. The Kier molecular flexibility index (Phi) is 5.34. The van der Waals surface area contributed by atoms with Crippen LogP contribution in [0.25, 0.3) is 0 Å². The molecule has 1 aliphatic carbocycles. The molecule has 1 saturated carbocycles. The quantitative estimate of drug-likeness (QED) is 0.791. The number of halogens is 1. The van der Waals surface area contributed by atoms with Gasteiger partial charge in [0.25, 0.3) is 0 Å². The highest BCUT2D eigenvalue weighted by molar-refractivity contribution is 6.33. The second-order valence-corrected chi connectivity index (χ2v) is 6.93. The summed E-state index contributed by atoms with van der Waals surface area (Å²) in [5.41, 5.74) is 7.15. The number of rotatable bonds is 4. The maximum Gasteiger partial charge on any atom is 0.0637 e. The predicted octanol–water partition coefficient (Wildman–Crippen LogP) is 4.69. The number of hydrogen-bond acceptors (Lipinski definition) is 2. The van der Waals surface area contributed by atoms with Crippen LogP contribution in [0.15, 0.2) is 24.3 Å². The van der Waals surface area contributed by atoms with Gasteiger partial charge in [0, 0.05) is 12.1 Å². The second kappa shape index (κ2) is 6.82. The van der Waals surface area contributed by atoms with Crippen molar-refractivity contribution in [2.24, 2.45) is 17.6 Å². The predicted molar refractivity (Wildman–Crippen MR) is 88.3 cm³/mol. The molecule has 1 fully saturated rings. The van der Waals surface area contributed by atoms with E-state index < -0.39 is 0 Å². The summed E-state index contributed by atoms with van der Waals surface area (Å²) in [6.45, 7) is 5.34. The molecule has 0 aliphatic heterocycles. The molecule has 1 aromatic rings. The van der Waals surface area contributed by atoms with Crippen molar-refractivity contribution in [3.63, 3.8) is 0 Å². The third-order valence-corrected chi connectivity index (χ3v) is 5.16. The minimum absolute atomic E-state index is 0.00856. The van der Waals surface area contributed by atoms with Gasteiger partial charge in [0.05, 0.1) is 10.7 Å². The van der Waals surface area contributed by atoms with Crippen molar-refractivity contribution < 1.29 is 0 Å². The molecule has 0 bridgehead atoms. The van der Waals surface area contributed by atoms with E-state index in [2.05, 4.69) is 19.2 Å². The average molecular weight is 295 g/mol. The number of benzene rings is 1. The Labute approximate surface area is 128 Å². The molecule has 3 N–H and O–H groups in total. The average Bonchev–Trinajstić information content (AvgIpc) is 2.65. The minimum atomic E-state index is 0.00856. The van der Waals surface area contributed by atoms with E-state index in [0.29, 0.717) is 6.54 Å². The van der Waals surface area contributed by atoms with E-state index >= 15 is 0 Å². The summed E-state index contributed by atoms with van der Waals surface area (Å²) in [5, 5.41) is 4.44. The van der Waals surface area contributed by atoms with Gasteiger partial charge in [0.2, 0.25) is 0 Å². The maximum absolute atomic E-state index is 6.28. The maximum atomic E-state index is 6.28. The minimum Gasteiger partial charge on any atom is -0.377 e. The van der Waals surface area contributed by atoms with Crippen LogP contribution in [0.3, 0.4) is 0 Å². The van der Waals surface area contributed by atoms with Gasteiger partial charge in [-0.05, 0) is 43.2 Å². The van der Waals surface area contributed by atoms with Gasteiger partial charge in [-0.25, -0.2) is 0 Å². The van der Waals surface area contributed by atoms with Crippen molar-refractivity contribution in [2.75, 3.05) is 11.9 Å². The number of hydrogen-bond donors (Lipinski definition) is 2. The van der Waals surface area contributed by atoms with E-state index in [1.54, 1.807) is 0 Å². The zero-order valence-electron chi connectivity index (χ0n) is 12.7. The van der Waals surface area contributed by atoms with Crippen LogP contribution in [-0.4, -0.2) is 12.1 Å². The van der Waals surface area contributed by atoms with Crippen molar-refractivity contribution in [3.8, 4) is 0 Å². The molecular formula is C17H27ClN2. The van der Waals surface area contributed by atoms with Gasteiger partial charge in [-0.15, -0.1) is 0 Å². The van der Waals surface area contributed by atoms with Crippen LogP contribution >= 0.6 is 11.6 Å². The number of nitrogens with two attached hydrogens (primary N) is 1. The molecule has 0 aromatic heterocycles. The fourth-order valence-corrected chi connectivity index (χ4v) is 3.51. The van der Waals surface area contributed by atoms with Gasteiger partial charge in [-0.3, -0.25) is 0 Å². The fourth-order valence-electron chi connectivity index (χ4n) is 3.33. The van der Waals surface area contributed by atoms with E-state index in [-0.39, 0.29) is 5.54 Å². The largest absolute Gasteiger partial charge is 0.377 e. The fraction of sp³-hybridized carbons (Fsp3) is 0.647. The molecule has 0 amide bonds. The van der Waals surface area contributed by atoms with Crippen molar-refractivity contribution >= 4 is 17.3 Å². The smallest absolute Gasteiger partial charge is 0.0637 e. The van der Waals surface area contributed by atoms with E-state index in [1.807, 2.05) is 24.3 Å². The van der Waals surface area contributed by atoms with Crippen LogP contribution in [0.2, 0.25) is 5.02 Å². The summed E-state index contributed by atoms with van der Waals surface area (Å²) in [5.74, 6) is 1.60. The Hall–Kier alpha value is -0.730. The molecule has 2 atom stereocenters. The summed E-state index contributed by atoms with van der Waals surface area (Å²) in [4.78, 5) is 0. The molecule has 0 saturated heterocycles. The number of para-hydroxylation sites is 1. The SMILES string of the molecule is CC(C)C1CCCC(CN)(Nc2ccccc2Cl)CC1. The number of nitrogens with one attached hydrogen (secondary N) is 1. The Morgan fingerprint density at radius 1 is 1.30 bits per heavy atom. The highest BCUT2D eigenvalue weighted by Crippen LogP contribution is 2.36. The van der Waals surface area contributed by atoms with Crippen LogP contribution < -0.4 is 11.1 Å². The second-order valence-electron chi connectivity index (χ2n) is 6.52. The lowest BCUT2D eigenvalue weighted by Gasteiger charge is -2.34. The van der Waals surface area contributed by atoms with E-state index in [4.69, 9.17) is 17.3 Å². The first kappa shape index (κ1) is 15.7. The van der Waals surface area contributed by atoms with Gasteiger partial charge >= 0.3 is 0 Å². The van der Waals surface area contributed by atoms with Crippen LogP contribution in [0.5, 0.6) is 0 Å². The van der Waals surface area contributed by atoms with E-state index in [0.717, 1.165) is 35.4 Å². The van der Waals surface area contributed by atoms with Crippen molar-refractivity contribution in [2.45, 2.75) is 51.5 Å². The Balaban J connectivity index is 2.12. The van der Waals surface area contributed by atoms with Crippen LogP contribution in [-0.2, 0) is 0 Å². The monoisotopic (exact) mass is 294 g/mol. The molecule has 0 radical (unpaired) electrons. The highest BCUT2D eigenvalue weighted by atomic mass is 35.5. The van der Waals surface area contributed by atoms with Crippen molar-refractivity contribution in [3.05, 3.63) is 29.3 Å². The molecule has 2 rings (SSSR count). The highest BCUT2D eigenvalue weighted by Gasteiger charge is 2.33. The lowest BCUT2D eigenvalue weighted by atomic mass is 9.86. The first-order valence-corrected chi connectivity index (χ1v) is 8.17. The van der Waals surface area contributed by atoms with Crippen molar-refractivity contribution in [1.29, 1.82) is 0 Å². The molecule has 20 heavy (non-hydrogen) atoms. The molecule has 3 heteroatoms. The third kappa shape index (κ3) is 3.67. The van der Waals surface area contributed by atoms with Gasteiger partial charge in [-0.2, -0.15) is 0 Å². The Morgan fingerprint density at radius 2 is 2.05 bits per heavy atom. The standard InChI is InChI=1S/C17H27ClN2/c1-13(2)14-6-5-10-17(12-19,11-9-14)20-16-8-4-3-7-15(16)18/h3-4,7-8,13-14,20H,5-6,9-12,19H2,1-2H3. The first-order valence-electron chi connectivity index (χ1n) is 7.79. The zero-order chi connectivity index (χ0) is 14.6.